The Morgan fingerprint density at radius 1 is 1.29 bits per heavy atom. The Morgan fingerprint density at radius 2 is 2.00 bits per heavy atom. The highest BCUT2D eigenvalue weighted by Gasteiger charge is 2.59. The summed E-state index contributed by atoms with van der Waals surface area (Å²) in [7, 11) is -2.11. The third-order valence-corrected chi connectivity index (χ3v) is 6.86. The van der Waals surface area contributed by atoms with Crippen molar-refractivity contribution in [3.05, 3.63) is 36.5 Å². The van der Waals surface area contributed by atoms with Crippen LogP contribution in [0.15, 0.2) is 41.4 Å². The van der Waals surface area contributed by atoms with E-state index in [2.05, 4.69) is 5.10 Å². The van der Waals surface area contributed by atoms with Crippen LogP contribution in [-0.4, -0.2) is 46.2 Å². The molecule has 1 aromatic carbocycles. The fraction of sp³-hybridized carbons (Fsp3) is 0.375. The lowest BCUT2D eigenvalue weighted by Crippen LogP contribution is -2.45. The van der Waals surface area contributed by atoms with E-state index < -0.39 is 28.0 Å². The average Bonchev–Trinajstić information content (AvgIpc) is 3.20. The van der Waals surface area contributed by atoms with Gasteiger partial charge in [-0.25, -0.2) is 8.42 Å². The van der Waals surface area contributed by atoms with Crippen molar-refractivity contribution in [1.82, 2.24) is 14.1 Å². The van der Waals surface area contributed by atoms with Crippen molar-refractivity contribution in [2.45, 2.75) is 17.4 Å². The molecule has 2 bridgehead atoms. The van der Waals surface area contributed by atoms with E-state index in [4.69, 9.17) is 0 Å². The molecule has 0 amide bonds. The van der Waals surface area contributed by atoms with E-state index in [1.54, 1.807) is 7.05 Å². The Hall–Kier alpha value is -2.19. The molecule has 24 heavy (non-hydrogen) atoms. The summed E-state index contributed by atoms with van der Waals surface area (Å²) in [6.45, 7) is 0.271. The number of fused-ring (bicyclic) bond motifs is 1. The van der Waals surface area contributed by atoms with Crippen LogP contribution in [0.2, 0.25) is 0 Å². The first kappa shape index (κ1) is 15.3. The van der Waals surface area contributed by atoms with Crippen LogP contribution >= 0.6 is 0 Å². The molecule has 3 atom stereocenters. The van der Waals surface area contributed by atoms with Gasteiger partial charge in [-0.05, 0) is 12.3 Å². The molecule has 7 nitrogen and oxygen atoms in total. The van der Waals surface area contributed by atoms with Crippen molar-refractivity contribution in [3.8, 4) is 11.3 Å². The molecule has 5 rings (SSSR count). The number of rotatable bonds is 4. The molecule has 2 aliphatic heterocycles. The molecular weight excluding hydrogens is 330 g/mol. The van der Waals surface area contributed by atoms with Gasteiger partial charge in [0.1, 0.15) is 10.6 Å². The highest BCUT2D eigenvalue weighted by atomic mass is 32.2. The monoisotopic (exact) mass is 347 g/mol. The minimum absolute atomic E-state index is 0.0841. The summed E-state index contributed by atoms with van der Waals surface area (Å²) >= 11 is 0. The molecule has 0 radical (unpaired) electrons. The topological polar surface area (TPSA) is 92.5 Å². The lowest BCUT2D eigenvalue weighted by atomic mass is 9.74. The van der Waals surface area contributed by atoms with Gasteiger partial charge in [0.15, 0.2) is 0 Å². The number of hydrogen-bond acceptors (Lipinski definition) is 4. The van der Waals surface area contributed by atoms with Gasteiger partial charge in [-0.3, -0.25) is 9.48 Å². The van der Waals surface area contributed by atoms with Crippen LogP contribution in [0.1, 0.15) is 6.42 Å². The number of aromatic nitrogens is 2. The molecule has 1 N–H and O–H groups in total. The summed E-state index contributed by atoms with van der Waals surface area (Å²) in [5.41, 5.74) is 1.12. The molecule has 0 unspecified atom stereocenters. The first-order valence-corrected chi connectivity index (χ1v) is 9.17. The smallest absolute Gasteiger partial charge is 0.308 e. The van der Waals surface area contributed by atoms with Gasteiger partial charge in [-0.1, -0.05) is 30.3 Å². The van der Waals surface area contributed by atoms with Crippen LogP contribution in [0.5, 0.6) is 0 Å². The Morgan fingerprint density at radius 3 is 2.62 bits per heavy atom. The van der Waals surface area contributed by atoms with E-state index in [0.717, 1.165) is 5.56 Å². The molecule has 126 valence electrons. The Kier molecular flexibility index (Phi) is 3.29. The largest absolute Gasteiger partial charge is 0.481 e. The Bertz CT molecular complexity index is 907. The number of carboxylic acids is 1. The fourth-order valence-corrected chi connectivity index (χ4v) is 5.70. The summed E-state index contributed by atoms with van der Waals surface area (Å²) in [6.07, 6.45) is 2.11. The van der Waals surface area contributed by atoms with Crippen LogP contribution in [0.3, 0.4) is 0 Å². The second-order valence-corrected chi connectivity index (χ2v) is 8.24. The van der Waals surface area contributed by atoms with Gasteiger partial charge in [-0.15, -0.1) is 0 Å². The van der Waals surface area contributed by atoms with Crippen molar-refractivity contribution in [3.63, 3.8) is 0 Å². The van der Waals surface area contributed by atoms with E-state index in [0.29, 0.717) is 12.1 Å². The van der Waals surface area contributed by atoms with Gasteiger partial charge in [0.05, 0.1) is 5.92 Å². The van der Waals surface area contributed by atoms with Crippen LogP contribution in [0, 0.1) is 11.8 Å². The SMILES string of the molecule is Cn1cc(S(=O)(=O)N2C[C@@H]3C[C@H]2[C@@H]3C(=O)O)c(-c2ccccc2)n1. The maximum Gasteiger partial charge on any atom is 0.308 e. The number of carboxylic acid groups (broad SMARTS) is 1. The predicted molar refractivity (Wildman–Crippen MR) is 85.6 cm³/mol. The van der Waals surface area contributed by atoms with Gasteiger partial charge in [0, 0.05) is 31.4 Å². The average molecular weight is 347 g/mol. The van der Waals surface area contributed by atoms with Gasteiger partial charge < -0.3 is 5.11 Å². The highest BCUT2D eigenvalue weighted by Crippen LogP contribution is 2.49. The summed E-state index contributed by atoms with van der Waals surface area (Å²) in [5, 5.41) is 13.6. The zero-order valence-electron chi connectivity index (χ0n) is 13.0. The molecule has 3 aliphatic rings. The zero-order chi connectivity index (χ0) is 17.1. The van der Waals surface area contributed by atoms with E-state index in [9.17, 15) is 18.3 Å². The number of aliphatic carboxylic acids is 1. The lowest BCUT2D eigenvalue weighted by Gasteiger charge is -2.32. The van der Waals surface area contributed by atoms with E-state index in [-0.39, 0.29) is 17.4 Å². The predicted octanol–water partition coefficient (Wildman–Crippen LogP) is 1.18. The Balaban J connectivity index is 1.76. The molecule has 1 saturated carbocycles. The number of hydrogen-bond donors (Lipinski definition) is 1. The second kappa shape index (κ2) is 5.15. The molecule has 1 aliphatic carbocycles. The molecule has 0 spiro atoms. The van der Waals surface area contributed by atoms with Gasteiger partial charge in [0.2, 0.25) is 10.0 Å². The minimum Gasteiger partial charge on any atom is -0.481 e. The molecule has 3 heterocycles. The van der Waals surface area contributed by atoms with E-state index >= 15 is 0 Å². The molecule has 3 fully saturated rings. The van der Waals surface area contributed by atoms with E-state index in [1.807, 2.05) is 30.3 Å². The van der Waals surface area contributed by atoms with Crippen molar-refractivity contribution in [2.24, 2.45) is 18.9 Å². The van der Waals surface area contributed by atoms with Crippen LogP contribution in [0.4, 0.5) is 0 Å². The number of nitrogens with zero attached hydrogens (tertiary/aromatic N) is 3. The molecule has 1 aromatic heterocycles. The van der Waals surface area contributed by atoms with E-state index in [1.165, 1.54) is 15.2 Å². The molecule has 2 saturated heterocycles. The molecule has 2 aromatic rings. The number of aryl methyl sites for hydroxylation is 1. The molecule has 8 heteroatoms. The summed E-state index contributed by atoms with van der Waals surface area (Å²) < 4.78 is 29.1. The standard InChI is InChI=1S/C16H17N3O4S/c1-18-9-13(15(17-18)10-5-3-2-4-6-10)24(22,23)19-8-11-7-12(19)14(11)16(20)21/h2-6,9,11-12,14H,7-8H2,1H3,(H,20,21)/t11-,12-,14+/m0/s1. The second-order valence-electron chi connectivity index (χ2n) is 6.38. The normalized spacial score (nSPS) is 26.3. The highest BCUT2D eigenvalue weighted by molar-refractivity contribution is 7.89. The van der Waals surface area contributed by atoms with Crippen molar-refractivity contribution in [2.75, 3.05) is 6.54 Å². The summed E-state index contributed by atoms with van der Waals surface area (Å²) in [4.78, 5) is 11.4. The third-order valence-electron chi connectivity index (χ3n) is 4.97. The molecular formula is C16H17N3O4S. The number of benzene rings is 1. The van der Waals surface area contributed by atoms with Gasteiger partial charge >= 0.3 is 5.97 Å². The van der Waals surface area contributed by atoms with Crippen LogP contribution in [0.25, 0.3) is 11.3 Å². The minimum atomic E-state index is -3.78. The maximum atomic E-state index is 13.1. The Labute approximate surface area is 139 Å². The zero-order valence-corrected chi connectivity index (χ0v) is 13.8. The van der Waals surface area contributed by atoms with Crippen molar-refractivity contribution >= 4 is 16.0 Å². The fourth-order valence-electron chi connectivity index (χ4n) is 3.79. The summed E-state index contributed by atoms with van der Waals surface area (Å²) in [6, 6.07) is 8.69. The van der Waals surface area contributed by atoms with Gasteiger partial charge in [0.25, 0.3) is 0 Å². The first-order valence-electron chi connectivity index (χ1n) is 7.73. The quantitative estimate of drug-likeness (QED) is 0.896. The lowest BCUT2D eigenvalue weighted by molar-refractivity contribution is -0.147. The van der Waals surface area contributed by atoms with Gasteiger partial charge in [-0.2, -0.15) is 9.40 Å². The maximum absolute atomic E-state index is 13.1. The number of sulfonamides is 1. The third kappa shape index (κ3) is 2.10. The van der Waals surface area contributed by atoms with Crippen molar-refractivity contribution < 1.29 is 18.3 Å². The first-order chi connectivity index (χ1) is 11.4. The van der Waals surface area contributed by atoms with Crippen LogP contribution in [-0.2, 0) is 21.9 Å². The van der Waals surface area contributed by atoms with Crippen molar-refractivity contribution in [1.29, 1.82) is 0 Å². The summed E-state index contributed by atoms with van der Waals surface area (Å²) in [5.74, 6) is -1.58. The van der Waals surface area contributed by atoms with Crippen LogP contribution < -0.4 is 0 Å². The number of carbonyl (C=O) groups is 1.